The average molecular weight is 272 g/mol. The number of likely N-dealkylation sites (tertiary alicyclic amines) is 1. The monoisotopic (exact) mass is 272 g/mol. The maximum atomic E-state index is 12.6. The molecule has 0 saturated carbocycles. The standard InChI is InChI=1S/C16H20N2O2/c19-15-7-9-18(16(20)13-5-1-2-6-13)14(15)10-12-4-3-8-17-11-12/h1-4,8,11,13-15,19H,5-7,9-10H2/t14-,15-/m1/s1. The first kappa shape index (κ1) is 13.3. The number of pyridine rings is 1. The Morgan fingerprint density at radius 3 is 2.90 bits per heavy atom. The van der Waals surface area contributed by atoms with E-state index in [2.05, 4.69) is 17.1 Å². The smallest absolute Gasteiger partial charge is 0.226 e. The van der Waals surface area contributed by atoms with Gasteiger partial charge in [0.1, 0.15) is 0 Å². The van der Waals surface area contributed by atoms with Gasteiger partial charge in [-0.3, -0.25) is 9.78 Å². The molecule has 106 valence electrons. The fourth-order valence-electron chi connectivity index (χ4n) is 3.17. The van der Waals surface area contributed by atoms with E-state index >= 15 is 0 Å². The summed E-state index contributed by atoms with van der Waals surface area (Å²) in [5.74, 6) is 0.275. The third-order valence-electron chi connectivity index (χ3n) is 4.32. The number of aliphatic hydroxyl groups is 1. The first-order valence-electron chi connectivity index (χ1n) is 7.28. The molecule has 0 aromatic carbocycles. The molecule has 0 radical (unpaired) electrons. The fourth-order valence-corrected chi connectivity index (χ4v) is 3.17. The molecule has 1 fully saturated rings. The van der Waals surface area contributed by atoms with E-state index in [1.807, 2.05) is 23.2 Å². The molecule has 20 heavy (non-hydrogen) atoms. The lowest BCUT2D eigenvalue weighted by atomic mass is 10.0. The molecule has 0 spiro atoms. The minimum absolute atomic E-state index is 0.0803. The van der Waals surface area contributed by atoms with E-state index in [0.717, 1.165) is 18.4 Å². The topological polar surface area (TPSA) is 53.4 Å². The Hall–Kier alpha value is -1.68. The highest BCUT2D eigenvalue weighted by atomic mass is 16.3. The van der Waals surface area contributed by atoms with Crippen molar-refractivity contribution in [1.82, 2.24) is 9.88 Å². The summed E-state index contributed by atoms with van der Waals surface area (Å²) < 4.78 is 0. The summed E-state index contributed by atoms with van der Waals surface area (Å²) in [5, 5.41) is 10.2. The summed E-state index contributed by atoms with van der Waals surface area (Å²) in [6.07, 6.45) is 10.3. The van der Waals surface area contributed by atoms with Crippen LogP contribution in [-0.4, -0.2) is 39.6 Å². The molecule has 1 aliphatic carbocycles. The van der Waals surface area contributed by atoms with E-state index in [-0.39, 0.29) is 17.9 Å². The molecular formula is C16H20N2O2. The fraction of sp³-hybridized carbons (Fsp3) is 0.500. The van der Waals surface area contributed by atoms with Gasteiger partial charge in [-0.1, -0.05) is 18.2 Å². The molecule has 1 saturated heterocycles. The maximum Gasteiger partial charge on any atom is 0.226 e. The first-order chi connectivity index (χ1) is 9.75. The van der Waals surface area contributed by atoms with Crippen LogP contribution in [0.4, 0.5) is 0 Å². The number of allylic oxidation sites excluding steroid dienone is 2. The minimum atomic E-state index is -0.423. The maximum absolute atomic E-state index is 12.6. The van der Waals surface area contributed by atoms with Gasteiger partial charge >= 0.3 is 0 Å². The Balaban J connectivity index is 1.71. The van der Waals surface area contributed by atoms with Crippen molar-refractivity contribution in [3.05, 3.63) is 42.2 Å². The lowest BCUT2D eigenvalue weighted by molar-refractivity contribution is -0.136. The Morgan fingerprint density at radius 2 is 2.20 bits per heavy atom. The highest BCUT2D eigenvalue weighted by Gasteiger charge is 2.38. The second-order valence-electron chi connectivity index (χ2n) is 5.66. The van der Waals surface area contributed by atoms with Crippen LogP contribution in [0, 0.1) is 5.92 Å². The van der Waals surface area contributed by atoms with E-state index in [9.17, 15) is 9.90 Å². The van der Waals surface area contributed by atoms with Crippen molar-refractivity contribution in [3.8, 4) is 0 Å². The lowest BCUT2D eigenvalue weighted by Crippen LogP contribution is -2.43. The van der Waals surface area contributed by atoms with Crippen molar-refractivity contribution in [1.29, 1.82) is 0 Å². The Kier molecular flexibility index (Phi) is 3.83. The zero-order chi connectivity index (χ0) is 13.9. The largest absolute Gasteiger partial charge is 0.391 e. The SMILES string of the molecule is O=C(C1CC=CC1)N1CC[C@@H](O)[C@H]1Cc1cccnc1. The highest BCUT2D eigenvalue weighted by molar-refractivity contribution is 5.80. The average Bonchev–Trinajstić information content (AvgIpc) is 3.11. The van der Waals surface area contributed by atoms with Crippen LogP contribution in [0.2, 0.25) is 0 Å². The lowest BCUT2D eigenvalue weighted by Gasteiger charge is -2.28. The van der Waals surface area contributed by atoms with Crippen LogP contribution in [0.1, 0.15) is 24.8 Å². The molecule has 2 aliphatic rings. The molecule has 1 aromatic rings. The number of hydrogen-bond donors (Lipinski definition) is 1. The van der Waals surface area contributed by atoms with E-state index in [1.165, 1.54) is 0 Å². The number of nitrogens with zero attached hydrogens (tertiary/aromatic N) is 2. The van der Waals surface area contributed by atoms with E-state index in [1.54, 1.807) is 6.20 Å². The normalized spacial score (nSPS) is 26.4. The molecule has 4 nitrogen and oxygen atoms in total. The molecule has 4 heteroatoms. The number of amides is 1. The van der Waals surface area contributed by atoms with Crippen LogP contribution < -0.4 is 0 Å². The van der Waals surface area contributed by atoms with Gasteiger partial charge in [-0.05, 0) is 37.3 Å². The summed E-state index contributed by atoms with van der Waals surface area (Å²) >= 11 is 0. The molecule has 0 bridgehead atoms. The van der Waals surface area contributed by atoms with Crippen molar-refractivity contribution < 1.29 is 9.90 Å². The van der Waals surface area contributed by atoms with Gasteiger partial charge in [0.25, 0.3) is 0 Å². The zero-order valence-corrected chi connectivity index (χ0v) is 11.5. The van der Waals surface area contributed by atoms with Gasteiger partial charge in [0.05, 0.1) is 12.1 Å². The molecule has 0 unspecified atom stereocenters. The minimum Gasteiger partial charge on any atom is -0.391 e. The van der Waals surface area contributed by atoms with Crippen LogP contribution in [-0.2, 0) is 11.2 Å². The molecular weight excluding hydrogens is 252 g/mol. The number of hydrogen-bond acceptors (Lipinski definition) is 3. The van der Waals surface area contributed by atoms with Crippen molar-refractivity contribution in [3.63, 3.8) is 0 Å². The molecule has 1 N–H and O–H groups in total. The van der Waals surface area contributed by atoms with E-state index in [0.29, 0.717) is 19.4 Å². The first-order valence-corrected chi connectivity index (χ1v) is 7.28. The summed E-state index contributed by atoms with van der Waals surface area (Å²) in [5.41, 5.74) is 1.07. The van der Waals surface area contributed by atoms with Crippen LogP contribution in [0.3, 0.4) is 0 Å². The van der Waals surface area contributed by atoms with Gasteiger partial charge in [0.2, 0.25) is 5.91 Å². The molecule has 1 aliphatic heterocycles. The van der Waals surface area contributed by atoms with Crippen molar-refractivity contribution in [2.45, 2.75) is 37.8 Å². The summed E-state index contributed by atoms with van der Waals surface area (Å²) in [4.78, 5) is 18.5. The Bertz CT molecular complexity index is 492. The van der Waals surface area contributed by atoms with Gasteiger partial charge in [0, 0.05) is 24.9 Å². The van der Waals surface area contributed by atoms with E-state index < -0.39 is 6.10 Å². The van der Waals surface area contributed by atoms with Gasteiger partial charge in [-0.2, -0.15) is 0 Å². The number of aliphatic hydroxyl groups excluding tert-OH is 1. The second kappa shape index (κ2) is 5.75. The third kappa shape index (κ3) is 2.61. The molecule has 1 amide bonds. The summed E-state index contributed by atoms with van der Waals surface area (Å²) in [6.45, 7) is 0.668. The van der Waals surface area contributed by atoms with Gasteiger partial charge in [0.15, 0.2) is 0 Å². The Morgan fingerprint density at radius 1 is 1.40 bits per heavy atom. The zero-order valence-electron chi connectivity index (χ0n) is 11.5. The van der Waals surface area contributed by atoms with Crippen LogP contribution in [0.15, 0.2) is 36.7 Å². The molecule has 1 aromatic heterocycles. The van der Waals surface area contributed by atoms with E-state index in [4.69, 9.17) is 0 Å². The molecule has 2 heterocycles. The van der Waals surface area contributed by atoms with Crippen molar-refractivity contribution in [2.75, 3.05) is 6.54 Å². The molecule has 2 atom stereocenters. The summed E-state index contributed by atoms with van der Waals surface area (Å²) in [7, 11) is 0. The Labute approximate surface area is 119 Å². The van der Waals surface area contributed by atoms with Crippen molar-refractivity contribution >= 4 is 5.91 Å². The van der Waals surface area contributed by atoms with Crippen LogP contribution >= 0.6 is 0 Å². The summed E-state index contributed by atoms with van der Waals surface area (Å²) in [6, 6.07) is 3.79. The van der Waals surface area contributed by atoms with Gasteiger partial charge in [-0.25, -0.2) is 0 Å². The predicted molar refractivity (Wildman–Crippen MR) is 75.9 cm³/mol. The second-order valence-corrected chi connectivity index (χ2v) is 5.66. The number of carbonyl (C=O) groups is 1. The number of rotatable bonds is 3. The van der Waals surface area contributed by atoms with Crippen LogP contribution in [0.25, 0.3) is 0 Å². The van der Waals surface area contributed by atoms with Crippen LogP contribution in [0.5, 0.6) is 0 Å². The van der Waals surface area contributed by atoms with Gasteiger partial charge < -0.3 is 10.0 Å². The van der Waals surface area contributed by atoms with Gasteiger partial charge in [-0.15, -0.1) is 0 Å². The predicted octanol–water partition coefficient (Wildman–Crippen LogP) is 1.55. The number of aromatic nitrogens is 1. The highest BCUT2D eigenvalue weighted by Crippen LogP contribution is 2.27. The number of carbonyl (C=O) groups excluding carboxylic acids is 1. The molecule has 3 rings (SSSR count). The quantitative estimate of drug-likeness (QED) is 0.849. The van der Waals surface area contributed by atoms with Crippen molar-refractivity contribution in [2.24, 2.45) is 5.92 Å². The third-order valence-corrected chi connectivity index (χ3v) is 4.32.